The number of benzene rings is 2. The molecule has 10 heteroatoms. The van der Waals surface area contributed by atoms with Crippen LogP contribution in [0.1, 0.15) is 17.5 Å². The summed E-state index contributed by atoms with van der Waals surface area (Å²) in [5, 5.41) is 2.33. The molecule has 0 bridgehead atoms. The van der Waals surface area contributed by atoms with Gasteiger partial charge in [-0.2, -0.15) is 13.2 Å². The number of aliphatic imine (C=N–C) groups is 1. The predicted octanol–water partition coefficient (Wildman–Crippen LogP) is 5.81. The normalized spacial score (nSPS) is 17.7. The minimum atomic E-state index is -4.61. The first-order valence-electron chi connectivity index (χ1n) is 9.50. The molecule has 0 spiro atoms. The summed E-state index contributed by atoms with van der Waals surface area (Å²) in [5.41, 5.74) is 0.105. The Bertz CT molecular complexity index is 1090. The van der Waals surface area contributed by atoms with Gasteiger partial charge in [-0.1, -0.05) is 47.6 Å². The van der Waals surface area contributed by atoms with Crippen molar-refractivity contribution in [3.8, 4) is 0 Å². The molecular formula is C22H19ClF3N3O2S. The van der Waals surface area contributed by atoms with Crippen LogP contribution in [-0.4, -0.2) is 33.7 Å². The first kappa shape index (κ1) is 23.9. The van der Waals surface area contributed by atoms with E-state index in [1.165, 1.54) is 29.2 Å². The summed E-state index contributed by atoms with van der Waals surface area (Å²) >= 11 is 7.21. The highest BCUT2D eigenvalue weighted by molar-refractivity contribution is 8.15. The van der Waals surface area contributed by atoms with Crippen LogP contribution in [0.15, 0.2) is 60.1 Å². The molecule has 2 aromatic carbocycles. The SMILES string of the molecule is C=CCN1C(=O)C(CC(=O)Nc2ccccc2C(F)(F)F)SC1=Nc1ccc(C)c(Cl)c1. The molecule has 2 aromatic rings. The lowest BCUT2D eigenvalue weighted by molar-refractivity contribution is -0.137. The number of alkyl halides is 3. The highest BCUT2D eigenvalue weighted by Gasteiger charge is 2.39. The molecule has 1 fully saturated rings. The van der Waals surface area contributed by atoms with Crippen LogP contribution in [0.5, 0.6) is 0 Å². The third-order valence-electron chi connectivity index (χ3n) is 4.59. The van der Waals surface area contributed by atoms with Crippen molar-refractivity contribution in [2.45, 2.75) is 24.8 Å². The van der Waals surface area contributed by atoms with Crippen molar-refractivity contribution in [3.05, 3.63) is 71.3 Å². The van der Waals surface area contributed by atoms with E-state index in [1.54, 1.807) is 18.2 Å². The molecule has 0 aliphatic carbocycles. The maximum Gasteiger partial charge on any atom is 0.418 e. The Kier molecular flexibility index (Phi) is 7.30. The number of halogens is 4. The fraction of sp³-hybridized carbons (Fsp3) is 0.227. The third kappa shape index (κ3) is 5.52. The van der Waals surface area contributed by atoms with Gasteiger partial charge in [0.05, 0.1) is 16.9 Å². The predicted molar refractivity (Wildman–Crippen MR) is 121 cm³/mol. The van der Waals surface area contributed by atoms with Gasteiger partial charge in [-0.25, -0.2) is 4.99 Å². The van der Waals surface area contributed by atoms with Gasteiger partial charge in [0.2, 0.25) is 11.8 Å². The van der Waals surface area contributed by atoms with Crippen LogP contribution < -0.4 is 5.32 Å². The summed E-state index contributed by atoms with van der Waals surface area (Å²) in [5.74, 6) is -1.07. The van der Waals surface area contributed by atoms with E-state index < -0.39 is 22.9 Å². The maximum absolute atomic E-state index is 13.2. The molecule has 1 aliphatic rings. The van der Waals surface area contributed by atoms with Crippen LogP contribution in [0.4, 0.5) is 24.5 Å². The maximum atomic E-state index is 13.2. The molecule has 5 nitrogen and oxygen atoms in total. The Balaban J connectivity index is 1.78. The number of hydrogen-bond donors (Lipinski definition) is 1. The van der Waals surface area contributed by atoms with Crippen LogP contribution in [0.2, 0.25) is 5.02 Å². The van der Waals surface area contributed by atoms with E-state index in [-0.39, 0.29) is 24.6 Å². The minimum absolute atomic E-state index is 0.180. The van der Waals surface area contributed by atoms with Gasteiger partial charge >= 0.3 is 6.18 Å². The molecule has 32 heavy (non-hydrogen) atoms. The summed E-state index contributed by atoms with van der Waals surface area (Å²) in [6, 6.07) is 9.89. The van der Waals surface area contributed by atoms with Crippen molar-refractivity contribution < 1.29 is 22.8 Å². The summed E-state index contributed by atoms with van der Waals surface area (Å²) in [4.78, 5) is 31.1. The van der Waals surface area contributed by atoms with Crippen LogP contribution in [0.25, 0.3) is 0 Å². The largest absolute Gasteiger partial charge is 0.418 e. The van der Waals surface area contributed by atoms with Crippen LogP contribution in [0.3, 0.4) is 0 Å². The zero-order valence-corrected chi connectivity index (χ0v) is 18.5. The molecule has 1 atom stereocenters. The molecule has 1 heterocycles. The molecule has 0 aromatic heterocycles. The molecule has 0 radical (unpaired) electrons. The minimum Gasteiger partial charge on any atom is -0.325 e. The van der Waals surface area contributed by atoms with E-state index in [0.29, 0.717) is 15.9 Å². The van der Waals surface area contributed by atoms with E-state index in [0.717, 1.165) is 23.4 Å². The van der Waals surface area contributed by atoms with E-state index >= 15 is 0 Å². The zero-order chi connectivity index (χ0) is 23.5. The number of amides is 2. The second-order valence-corrected chi connectivity index (χ2v) is 8.54. The number of nitrogens with one attached hydrogen (secondary N) is 1. The van der Waals surface area contributed by atoms with Crippen molar-refractivity contribution >= 4 is 51.7 Å². The number of nitrogens with zero attached hydrogens (tertiary/aromatic N) is 2. The molecule has 2 amide bonds. The van der Waals surface area contributed by atoms with E-state index in [2.05, 4.69) is 16.9 Å². The fourth-order valence-electron chi connectivity index (χ4n) is 2.99. The summed E-state index contributed by atoms with van der Waals surface area (Å²) in [6.07, 6.45) is -3.40. The standard InChI is InChI=1S/C22H19ClF3N3O2S/c1-3-10-29-20(31)18(32-21(29)27-14-9-8-13(2)16(23)11-14)12-19(30)28-17-7-5-4-6-15(17)22(24,25)26/h3-9,11,18H,1,10,12H2,2H3,(H,28,30). The van der Waals surface area contributed by atoms with Gasteiger partial charge in [-0.3, -0.25) is 14.5 Å². The second-order valence-electron chi connectivity index (χ2n) is 6.97. The average molecular weight is 482 g/mol. The molecule has 3 rings (SSSR count). The number of anilines is 1. The third-order valence-corrected chi connectivity index (χ3v) is 6.17. The van der Waals surface area contributed by atoms with Crippen molar-refractivity contribution in [2.24, 2.45) is 4.99 Å². The zero-order valence-electron chi connectivity index (χ0n) is 16.9. The summed E-state index contributed by atoms with van der Waals surface area (Å²) < 4.78 is 39.5. The lowest BCUT2D eigenvalue weighted by Crippen LogP contribution is -2.33. The van der Waals surface area contributed by atoms with Crippen LogP contribution in [0, 0.1) is 6.92 Å². The number of carbonyl (C=O) groups excluding carboxylic acids is 2. The summed E-state index contributed by atoms with van der Waals surface area (Å²) in [7, 11) is 0. The number of hydrogen-bond acceptors (Lipinski definition) is 4. The summed E-state index contributed by atoms with van der Waals surface area (Å²) in [6.45, 7) is 5.66. The van der Waals surface area contributed by atoms with Crippen molar-refractivity contribution in [3.63, 3.8) is 0 Å². The van der Waals surface area contributed by atoms with Crippen molar-refractivity contribution in [1.29, 1.82) is 0 Å². The monoisotopic (exact) mass is 481 g/mol. The molecule has 0 saturated carbocycles. The van der Waals surface area contributed by atoms with Gasteiger partial charge < -0.3 is 5.32 Å². The Labute approximate surface area is 192 Å². The molecule has 1 saturated heterocycles. The Hall–Kier alpha value is -2.78. The van der Waals surface area contributed by atoms with Crippen molar-refractivity contribution in [2.75, 3.05) is 11.9 Å². The topological polar surface area (TPSA) is 61.8 Å². The molecule has 1 unspecified atom stereocenters. The number of rotatable bonds is 6. The number of amidine groups is 1. The van der Waals surface area contributed by atoms with Gasteiger partial charge in [0.15, 0.2) is 5.17 Å². The van der Waals surface area contributed by atoms with Crippen LogP contribution >= 0.6 is 23.4 Å². The van der Waals surface area contributed by atoms with Crippen LogP contribution in [-0.2, 0) is 15.8 Å². The van der Waals surface area contributed by atoms with Gasteiger partial charge in [0, 0.05) is 18.0 Å². The van der Waals surface area contributed by atoms with Gasteiger partial charge in [-0.05, 0) is 36.8 Å². The number of aryl methyl sites for hydroxylation is 1. The number of para-hydroxylation sites is 1. The van der Waals surface area contributed by atoms with Crippen molar-refractivity contribution in [1.82, 2.24) is 4.90 Å². The Morgan fingerprint density at radius 1 is 1.31 bits per heavy atom. The quantitative estimate of drug-likeness (QED) is 0.529. The van der Waals surface area contributed by atoms with E-state index in [9.17, 15) is 22.8 Å². The average Bonchev–Trinajstić information content (AvgIpc) is 2.99. The van der Waals surface area contributed by atoms with Gasteiger partial charge in [-0.15, -0.1) is 6.58 Å². The first-order chi connectivity index (χ1) is 15.1. The smallest absolute Gasteiger partial charge is 0.325 e. The van der Waals surface area contributed by atoms with E-state index in [4.69, 9.17) is 11.6 Å². The second kappa shape index (κ2) is 9.79. The number of carbonyl (C=O) groups is 2. The van der Waals surface area contributed by atoms with E-state index in [1.807, 2.05) is 6.92 Å². The van der Waals surface area contributed by atoms with Gasteiger partial charge in [0.1, 0.15) is 5.25 Å². The molecular weight excluding hydrogens is 463 g/mol. The lowest BCUT2D eigenvalue weighted by Gasteiger charge is -2.15. The molecule has 168 valence electrons. The highest BCUT2D eigenvalue weighted by Crippen LogP contribution is 2.36. The Morgan fingerprint density at radius 3 is 2.69 bits per heavy atom. The lowest BCUT2D eigenvalue weighted by atomic mass is 10.1. The molecule has 1 N–H and O–H groups in total. The molecule has 1 aliphatic heterocycles. The number of thioether (sulfide) groups is 1. The first-order valence-corrected chi connectivity index (χ1v) is 10.8. The fourth-order valence-corrected chi connectivity index (χ4v) is 4.33. The van der Waals surface area contributed by atoms with Gasteiger partial charge in [0.25, 0.3) is 0 Å². The Morgan fingerprint density at radius 2 is 2.03 bits per heavy atom. The highest BCUT2D eigenvalue weighted by atomic mass is 35.5.